The quantitative estimate of drug-likeness (QED) is 0.681. The second-order valence-corrected chi connectivity index (χ2v) is 7.20. The van der Waals surface area contributed by atoms with Gasteiger partial charge in [-0.2, -0.15) is 0 Å². The number of hydrogen-bond acceptors (Lipinski definition) is 5. The van der Waals surface area contributed by atoms with Gasteiger partial charge in [-0.05, 0) is 43.3 Å². The normalized spacial score (nSPS) is 14.2. The lowest BCUT2D eigenvalue weighted by atomic mass is 10.1. The van der Waals surface area contributed by atoms with Gasteiger partial charge in [0.05, 0.1) is 19.7 Å². The Morgan fingerprint density at radius 3 is 2.41 bits per heavy atom. The van der Waals surface area contributed by atoms with E-state index in [0.717, 1.165) is 24.0 Å². The van der Waals surface area contributed by atoms with E-state index in [-0.39, 0.29) is 5.91 Å². The van der Waals surface area contributed by atoms with Crippen LogP contribution in [0.15, 0.2) is 48.7 Å². The lowest BCUT2D eigenvalue weighted by Crippen LogP contribution is -2.48. The first kappa shape index (κ1) is 19.1. The molecule has 1 fully saturated rings. The number of benzene rings is 2. The average molecular weight is 391 g/mol. The number of amides is 1. The summed E-state index contributed by atoms with van der Waals surface area (Å²) in [4.78, 5) is 21.7. The Kier molecular flexibility index (Phi) is 5.25. The van der Waals surface area contributed by atoms with E-state index in [9.17, 15) is 4.79 Å². The number of carbonyl (C=O) groups excluding carboxylic acids is 1. The molecule has 0 saturated carbocycles. The van der Waals surface area contributed by atoms with Crippen LogP contribution in [0.25, 0.3) is 10.9 Å². The van der Waals surface area contributed by atoms with Gasteiger partial charge in [0.25, 0.3) is 5.91 Å². The SMILES string of the molecule is COc1ccc(C(=O)N2CCN(c3ccnc4ccc(C)cc34)CC2)cc1OC. The third-order valence-electron chi connectivity index (χ3n) is 5.41. The smallest absolute Gasteiger partial charge is 0.254 e. The van der Waals surface area contributed by atoms with Gasteiger partial charge >= 0.3 is 0 Å². The number of methoxy groups -OCH3 is 2. The first-order valence-electron chi connectivity index (χ1n) is 9.72. The summed E-state index contributed by atoms with van der Waals surface area (Å²) in [5, 5.41) is 1.16. The van der Waals surface area contributed by atoms with Crippen molar-refractivity contribution in [3.8, 4) is 11.5 Å². The zero-order valence-electron chi connectivity index (χ0n) is 17.0. The van der Waals surface area contributed by atoms with Gasteiger partial charge < -0.3 is 19.3 Å². The standard InChI is InChI=1S/C23H25N3O3/c1-16-4-6-19-18(14-16)20(8-9-24-19)25-10-12-26(13-11-25)23(27)17-5-7-21(28-2)22(15-17)29-3/h4-9,14-15H,10-13H2,1-3H3. The molecule has 3 aromatic rings. The molecule has 0 spiro atoms. The van der Waals surface area contributed by atoms with Crippen LogP contribution in [0.3, 0.4) is 0 Å². The Bertz CT molecular complexity index is 1040. The van der Waals surface area contributed by atoms with E-state index >= 15 is 0 Å². The summed E-state index contributed by atoms with van der Waals surface area (Å²) in [6, 6.07) is 13.7. The zero-order chi connectivity index (χ0) is 20.4. The highest BCUT2D eigenvalue weighted by Gasteiger charge is 2.24. The van der Waals surface area contributed by atoms with Gasteiger partial charge in [-0.3, -0.25) is 9.78 Å². The van der Waals surface area contributed by atoms with Gasteiger partial charge in [0.15, 0.2) is 11.5 Å². The van der Waals surface area contributed by atoms with Crippen LogP contribution >= 0.6 is 0 Å². The Balaban J connectivity index is 1.50. The minimum absolute atomic E-state index is 0.0148. The number of fused-ring (bicyclic) bond motifs is 1. The van der Waals surface area contributed by atoms with E-state index in [0.29, 0.717) is 30.2 Å². The molecular formula is C23H25N3O3. The first-order chi connectivity index (χ1) is 14.1. The fourth-order valence-electron chi connectivity index (χ4n) is 3.82. The van der Waals surface area contributed by atoms with Crippen molar-refractivity contribution < 1.29 is 14.3 Å². The van der Waals surface area contributed by atoms with Gasteiger partial charge in [-0.1, -0.05) is 11.6 Å². The maximum absolute atomic E-state index is 13.0. The van der Waals surface area contributed by atoms with Crippen LogP contribution in [0.2, 0.25) is 0 Å². The number of piperazine rings is 1. The number of aryl methyl sites for hydroxylation is 1. The van der Waals surface area contributed by atoms with Crippen LogP contribution in [-0.2, 0) is 0 Å². The molecule has 6 heteroatoms. The third kappa shape index (κ3) is 3.70. The van der Waals surface area contributed by atoms with E-state index in [1.54, 1.807) is 32.4 Å². The minimum atomic E-state index is 0.0148. The van der Waals surface area contributed by atoms with Crippen molar-refractivity contribution in [2.45, 2.75) is 6.92 Å². The van der Waals surface area contributed by atoms with Crippen molar-refractivity contribution in [1.29, 1.82) is 0 Å². The second kappa shape index (κ2) is 7.99. The molecular weight excluding hydrogens is 366 g/mol. The largest absolute Gasteiger partial charge is 0.493 e. The van der Waals surface area contributed by atoms with E-state index in [4.69, 9.17) is 9.47 Å². The number of aromatic nitrogens is 1. The monoisotopic (exact) mass is 391 g/mol. The van der Waals surface area contributed by atoms with E-state index in [1.807, 2.05) is 11.1 Å². The predicted octanol–water partition coefficient (Wildman–Crippen LogP) is 3.52. The molecule has 4 rings (SSSR count). The van der Waals surface area contributed by atoms with Crippen molar-refractivity contribution in [2.24, 2.45) is 0 Å². The maximum atomic E-state index is 13.0. The number of anilines is 1. The molecule has 1 aliphatic heterocycles. The van der Waals surface area contributed by atoms with E-state index in [1.165, 1.54) is 11.3 Å². The van der Waals surface area contributed by atoms with Crippen molar-refractivity contribution in [2.75, 3.05) is 45.3 Å². The molecule has 0 radical (unpaired) electrons. The summed E-state index contributed by atoms with van der Waals surface area (Å²) in [6.07, 6.45) is 1.86. The van der Waals surface area contributed by atoms with Crippen molar-refractivity contribution in [3.05, 3.63) is 59.8 Å². The molecule has 0 bridgehead atoms. The number of ether oxygens (including phenoxy) is 2. The fraction of sp³-hybridized carbons (Fsp3) is 0.304. The number of nitrogens with zero attached hydrogens (tertiary/aromatic N) is 3. The molecule has 0 aliphatic carbocycles. The molecule has 1 saturated heterocycles. The van der Waals surface area contributed by atoms with Gasteiger partial charge in [0.1, 0.15) is 0 Å². The number of hydrogen-bond donors (Lipinski definition) is 0. The molecule has 150 valence electrons. The van der Waals surface area contributed by atoms with Gasteiger partial charge in [0, 0.05) is 49.0 Å². The van der Waals surface area contributed by atoms with Crippen LogP contribution in [0.4, 0.5) is 5.69 Å². The van der Waals surface area contributed by atoms with Gasteiger partial charge in [-0.25, -0.2) is 0 Å². The summed E-state index contributed by atoms with van der Waals surface area (Å²) in [5.74, 6) is 1.20. The second-order valence-electron chi connectivity index (χ2n) is 7.20. The molecule has 1 amide bonds. The van der Waals surface area contributed by atoms with Crippen LogP contribution in [0, 0.1) is 6.92 Å². The number of carbonyl (C=O) groups is 1. The first-order valence-corrected chi connectivity index (χ1v) is 9.72. The molecule has 6 nitrogen and oxygen atoms in total. The summed E-state index contributed by atoms with van der Waals surface area (Å²) >= 11 is 0. The molecule has 0 atom stereocenters. The van der Waals surface area contributed by atoms with Gasteiger partial charge in [0.2, 0.25) is 0 Å². The maximum Gasteiger partial charge on any atom is 0.254 e. The summed E-state index contributed by atoms with van der Waals surface area (Å²) in [7, 11) is 3.16. The molecule has 29 heavy (non-hydrogen) atoms. The predicted molar refractivity (Wildman–Crippen MR) is 114 cm³/mol. The van der Waals surface area contributed by atoms with Crippen LogP contribution in [0.5, 0.6) is 11.5 Å². The molecule has 1 aliphatic rings. The highest BCUT2D eigenvalue weighted by Crippen LogP contribution is 2.29. The molecule has 2 aromatic carbocycles. The fourth-order valence-corrected chi connectivity index (χ4v) is 3.82. The molecule has 0 N–H and O–H groups in total. The van der Waals surface area contributed by atoms with Crippen molar-refractivity contribution in [3.63, 3.8) is 0 Å². The minimum Gasteiger partial charge on any atom is -0.493 e. The molecule has 0 unspecified atom stereocenters. The number of pyridine rings is 1. The highest BCUT2D eigenvalue weighted by molar-refractivity contribution is 5.95. The van der Waals surface area contributed by atoms with Crippen LogP contribution < -0.4 is 14.4 Å². The van der Waals surface area contributed by atoms with Gasteiger partial charge in [-0.15, -0.1) is 0 Å². The Labute approximate surface area is 170 Å². The van der Waals surface area contributed by atoms with Crippen molar-refractivity contribution >= 4 is 22.5 Å². The van der Waals surface area contributed by atoms with E-state index in [2.05, 4.69) is 41.1 Å². The Morgan fingerprint density at radius 1 is 0.931 bits per heavy atom. The molecule has 1 aromatic heterocycles. The molecule has 2 heterocycles. The summed E-state index contributed by atoms with van der Waals surface area (Å²) < 4.78 is 10.6. The highest BCUT2D eigenvalue weighted by atomic mass is 16.5. The van der Waals surface area contributed by atoms with E-state index < -0.39 is 0 Å². The average Bonchev–Trinajstić information content (AvgIpc) is 2.77. The Hall–Kier alpha value is -3.28. The summed E-state index contributed by atoms with van der Waals surface area (Å²) in [6.45, 7) is 5.00. The third-order valence-corrected chi connectivity index (χ3v) is 5.41. The lowest BCUT2D eigenvalue weighted by molar-refractivity contribution is 0.0746. The topological polar surface area (TPSA) is 54.9 Å². The zero-order valence-corrected chi connectivity index (χ0v) is 17.0. The van der Waals surface area contributed by atoms with Crippen LogP contribution in [-0.4, -0.2) is 56.2 Å². The van der Waals surface area contributed by atoms with Crippen LogP contribution in [0.1, 0.15) is 15.9 Å². The number of rotatable bonds is 4. The lowest BCUT2D eigenvalue weighted by Gasteiger charge is -2.36. The summed E-state index contributed by atoms with van der Waals surface area (Å²) in [5.41, 5.74) is 4.00. The Morgan fingerprint density at radius 2 is 1.69 bits per heavy atom. The van der Waals surface area contributed by atoms with Crippen molar-refractivity contribution in [1.82, 2.24) is 9.88 Å².